The molecule has 0 aromatic heterocycles. The van der Waals surface area contributed by atoms with Crippen LogP contribution < -0.4 is 5.32 Å². The molecule has 0 aromatic rings. The third-order valence-corrected chi connectivity index (χ3v) is 2.10. The molecule has 19 heavy (non-hydrogen) atoms. The van der Waals surface area contributed by atoms with E-state index in [1.54, 1.807) is 0 Å². The summed E-state index contributed by atoms with van der Waals surface area (Å²) < 4.78 is 0. The monoisotopic (exact) mass is 268 g/mol. The van der Waals surface area contributed by atoms with Crippen molar-refractivity contribution in [2.24, 2.45) is 0 Å². The Morgan fingerprint density at radius 1 is 1.00 bits per heavy atom. The number of rotatable bonds is 5. The van der Waals surface area contributed by atoms with Gasteiger partial charge >= 0.3 is 0 Å². The highest BCUT2D eigenvalue weighted by Gasteiger charge is 2.06. The summed E-state index contributed by atoms with van der Waals surface area (Å²) in [6, 6.07) is 0. The lowest BCUT2D eigenvalue weighted by Crippen LogP contribution is -2.19. The van der Waals surface area contributed by atoms with Gasteiger partial charge in [-0.2, -0.15) is 0 Å². The van der Waals surface area contributed by atoms with E-state index < -0.39 is 0 Å². The standard InChI is InChI=1S/C8H14O2.C4H3NO2.CH3N/c1-3-7(9)5-6-8(10)4-2;6-3-1-2-4(7)5-3;1-2/h3-6H2,1-2H3;1-2H,(H,5,6,7);2H,1H2. The van der Waals surface area contributed by atoms with E-state index in [1.165, 1.54) is 12.2 Å². The van der Waals surface area contributed by atoms with E-state index in [-0.39, 0.29) is 23.4 Å². The van der Waals surface area contributed by atoms with E-state index in [0.29, 0.717) is 25.7 Å². The molecule has 0 fully saturated rings. The van der Waals surface area contributed by atoms with E-state index in [2.05, 4.69) is 6.72 Å². The maximum absolute atomic E-state index is 10.7. The van der Waals surface area contributed by atoms with Crippen molar-refractivity contribution in [1.82, 2.24) is 5.32 Å². The van der Waals surface area contributed by atoms with Gasteiger partial charge in [0.15, 0.2) is 0 Å². The van der Waals surface area contributed by atoms with Crippen molar-refractivity contribution in [2.45, 2.75) is 39.5 Å². The number of carbonyl (C=O) groups is 4. The first-order valence-corrected chi connectivity index (χ1v) is 5.91. The van der Waals surface area contributed by atoms with Gasteiger partial charge in [0, 0.05) is 37.8 Å². The Hall–Kier alpha value is -2.11. The molecule has 0 spiro atoms. The van der Waals surface area contributed by atoms with Gasteiger partial charge in [-0.3, -0.25) is 24.5 Å². The van der Waals surface area contributed by atoms with Crippen molar-refractivity contribution in [3.63, 3.8) is 0 Å². The topological polar surface area (TPSA) is 104 Å². The van der Waals surface area contributed by atoms with Crippen LogP contribution in [0.25, 0.3) is 0 Å². The third kappa shape index (κ3) is 12.1. The molecular formula is C13H20N2O4. The normalized spacial score (nSPS) is 11.7. The van der Waals surface area contributed by atoms with Crippen LogP contribution >= 0.6 is 0 Å². The van der Waals surface area contributed by atoms with Gasteiger partial charge in [0.25, 0.3) is 11.8 Å². The van der Waals surface area contributed by atoms with Crippen LogP contribution in [-0.2, 0) is 19.2 Å². The van der Waals surface area contributed by atoms with E-state index in [0.717, 1.165) is 0 Å². The fourth-order valence-electron chi connectivity index (χ4n) is 0.989. The van der Waals surface area contributed by atoms with Gasteiger partial charge in [0.1, 0.15) is 11.6 Å². The summed E-state index contributed by atoms with van der Waals surface area (Å²) >= 11 is 0. The van der Waals surface area contributed by atoms with Gasteiger partial charge < -0.3 is 5.41 Å². The summed E-state index contributed by atoms with van der Waals surface area (Å²) in [6.07, 6.45) is 4.37. The van der Waals surface area contributed by atoms with Crippen molar-refractivity contribution in [3.05, 3.63) is 12.2 Å². The van der Waals surface area contributed by atoms with Crippen molar-refractivity contribution in [2.75, 3.05) is 0 Å². The van der Waals surface area contributed by atoms with Crippen LogP contribution in [0, 0.1) is 5.41 Å². The second-order valence-electron chi connectivity index (χ2n) is 3.47. The predicted octanol–water partition coefficient (Wildman–Crippen LogP) is 1.19. The molecule has 1 heterocycles. The maximum Gasteiger partial charge on any atom is 0.250 e. The van der Waals surface area contributed by atoms with Crippen LogP contribution in [0.15, 0.2) is 12.2 Å². The van der Waals surface area contributed by atoms with Gasteiger partial charge in [-0.05, 0) is 6.72 Å². The summed E-state index contributed by atoms with van der Waals surface area (Å²) in [4.78, 5) is 41.4. The van der Waals surface area contributed by atoms with Crippen molar-refractivity contribution in [1.29, 1.82) is 5.41 Å². The average molecular weight is 268 g/mol. The second-order valence-corrected chi connectivity index (χ2v) is 3.47. The highest BCUT2D eigenvalue weighted by atomic mass is 16.2. The lowest BCUT2D eigenvalue weighted by molar-refractivity contribution is -0.123. The summed E-state index contributed by atoms with van der Waals surface area (Å²) in [6.45, 7) is 6.14. The summed E-state index contributed by atoms with van der Waals surface area (Å²) in [7, 11) is 0. The van der Waals surface area contributed by atoms with Crippen LogP contribution in [0.4, 0.5) is 0 Å². The van der Waals surface area contributed by atoms with Gasteiger partial charge in [-0.1, -0.05) is 13.8 Å². The Bertz CT molecular complexity index is 330. The largest absolute Gasteiger partial charge is 0.317 e. The Labute approximate surface area is 112 Å². The SMILES string of the molecule is C=N.CCC(=O)CCC(=O)CC.O=C1C=CC(=O)N1. The summed E-state index contributed by atoms with van der Waals surface area (Å²) in [5, 5.41) is 7.53. The molecule has 1 aliphatic rings. The van der Waals surface area contributed by atoms with Crippen molar-refractivity contribution < 1.29 is 19.2 Å². The molecule has 6 heteroatoms. The smallest absolute Gasteiger partial charge is 0.250 e. The minimum absolute atomic E-state index is 0.182. The second kappa shape index (κ2) is 12.3. The quantitative estimate of drug-likeness (QED) is 0.577. The fourth-order valence-corrected chi connectivity index (χ4v) is 0.989. The Balaban J connectivity index is 0. The van der Waals surface area contributed by atoms with Gasteiger partial charge in [0.05, 0.1) is 0 Å². The molecule has 2 amide bonds. The molecule has 0 radical (unpaired) electrons. The molecule has 0 unspecified atom stereocenters. The Morgan fingerprint density at radius 3 is 1.47 bits per heavy atom. The van der Waals surface area contributed by atoms with Crippen LogP contribution in [0.5, 0.6) is 0 Å². The minimum Gasteiger partial charge on any atom is -0.317 e. The lowest BCUT2D eigenvalue weighted by Gasteiger charge is -1.94. The van der Waals surface area contributed by atoms with Gasteiger partial charge in [0.2, 0.25) is 0 Å². The molecule has 106 valence electrons. The van der Waals surface area contributed by atoms with Crippen LogP contribution in [0.1, 0.15) is 39.5 Å². The van der Waals surface area contributed by atoms with Crippen molar-refractivity contribution in [3.8, 4) is 0 Å². The number of ketones is 2. The van der Waals surface area contributed by atoms with Crippen LogP contribution in [0.2, 0.25) is 0 Å². The first kappa shape index (κ1) is 19.2. The number of hydrogen-bond acceptors (Lipinski definition) is 5. The maximum atomic E-state index is 10.7. The average Bonchev–Trinajstić information content (AvgIpc) is 2.82. The van der Waals surface area contributed by atoms with Crippen molar-refractivity contribution >= 4 is 30.1 Å². The van der Waals surface area contributed by atoms with Gasteiger partial charge in [-0.25, -0.2) is 0 Å². The highest BCUT2D eigenvalue weighted by molar-refractivity contribution is 6.12. The fraction of sp³-hybridized carbons (Fsp3) is 0.462. The van der Waals surface area contributed by atoms with Crippen LogP contribution in [0.3, 0.4) is 0 Å². The number of amides is 2. The Morgan fingerprint density at radius 2 is 1.32 bits per heavy atom. The lowest BCUT2D eigenvalue weighted by atomic mass is 10.1. The van der Waals surface area contributed by atoms with Crippen LogP contribution in [-0.4, -0.2) is 30.1 Å². The van der Waals surface area contributed by atoms with E-state index in [1.807, 2.05) is 19.2 Å². The molecule has 0 aromatic carbocycles. The molecule has 0 bridgehead atoms. The number of carbonyl (C=O) groups excluding carboxylic acids is 4. The predicted molar refractivity (Wildman–Crippen MR) is 72.0 cm³/mol. The first-order chi connectivity index (χ1) is 8.99. The summed E-state index contributed by atoms with van der Waals surface area (Å²) in [5.74, 6) is -0.293. The zero-order chi connectivity index (χ0) is 15.3. The number of imide groups is 1. The molecule has 0 saturated carbocycles. The molecule has 0 atom stereocenters. The molecular weight excluding hydrogens is 248 g/mol. The minimum atomic E-state index is -0.329. The van der Waals surface area contributed by atoms with E-state index in [4.69, 9.17) is 5.41 Å². The molecule has 1 aliphatic heterocycles. The van der Waals surface area contributed by atoms with E-state index in [9.17, 15) is 19.2 Å². The third-order valence-electron chi connectivity index (χ3n) is 2.10. The molecule has 0 aliphatic carbocycles. The summed E-state index contributed by atoms with van der Waals surface area (Å²) in [5.41, 5.74) is 0. The molecule has 2 N–H and O–H groups in total. The zero-order valence-electron chi connectivity index (χ0n) is 11.3. The number of nitrogens with one attached hydrogen (secondary N) is 2. The number of hydrogen-bond donors (Lipinski definition) is 2. The van der Waals surface area contributed by atoms with Gasteiger partial charge in [-0.15, -0.1) is 0 Å². The molecule has 0 saturated heterocycles. The highest BCUT2D eigenvalue weighted by Crippen LogP contribution is 1.97. The molecule has 6 nitrogen and oxygen atoms in total. The molecule has 1 rings (SSSR count). The first-order valence-electron chi connectivity index (χ1n) is 5.91. The number of Topliss-reactive ketones (excluding diaryl/α,β-unsaturated/α-hetero) is 2. The van der Waals surface area contributed by atoms with E-state index >= 15 is 0 Å². The zero-order valence-corrected chi connectivity index (χ0v) is 11.3. The Kier molecular flexibility index (Phi) is 12.5.